The second kappa shape index (κ2) is 5.84. The minimum absolute atomic E-state index is 0.636. The van der Waals surface area contributed by atoms with Gasteiger partial charge < -0.3 is 9.47 Å². The fourth-order valence-corrected chi connectivity index (χ4v) is 1.99. The summed E-state index contributed by atoms with van der Waals surface area (Å²) in [5, 5.41) is 0. The highest BCUT2D eigenvalue weighted by Crippen LogP contribution is 2.28. The third-order valence-electron chi connectivity index (χ3n) is 2.97. The van der Waals surface area contributed by atoms with Crippen molar-refractivity contribution in [3.8, 4) is 11.8 Å². The fraction of sp³-hybridized carbons (Fsp3) is 0.294. The maximum Gasteiger partial charge on any atom is 0.325 e. The summed E-state index contributed by atoms with van der Waals surface area (Å²) in [4.78, 5) is 24.0. The van der Waals surface area contributed by atoms with Crippen LogP contribution in [0.4, 0.5) is 0 Å². The van der Waals surface area contributed by atoms with Crippen LogP contribution in [0.15, 0.2) is 43.0 Å². The molecule has 4 nitrogen and oxygen atoms in total. The van der Waals surface area contributed by atoms with E-state index in [9.17, 15) is 9.59 Å². The van der Waals surface area contributed by atoms with Gasteiger partial charge in [0.25, 0.3) is 5.79 Å². The van der Waals surface area contributed by atoms with E-state index in [0.717, 1.165) is 5.56 Å². The zero-order chi connectivity index (χ0) is 15.5. The van der Waals surface area contributed by atoms with Gasteiger partial charge in [0.1, 0.15) is 0 Å². The molecule has 1 heterocycles. The maximum atomic E-state index is 12.0. The smallest absolute Gasteiger partial charge is 0.325 e. The number of carbonyl (C=O) groups excluding carboxylic acids is 2. The maximum absolute atomic E-state index is 12.0. The monoisotopic (exact) mass is 284 g/mol. The number of hydrogen-bond donors (Lipinski definition) is 0. The van der Waals surface area contributed by atoms with Gasteiger partial charge in [0.05, 0.1) is 5.92 Å². The highest BCUT2D eigenvalue weighted by molar-refractivity contribution is 5.97. The quantitative estimate of drug-likeness (QED) is 0.362. The van der Waals surface area contributed by atoms with E-state index in [-0.39, 0.29) is 0 Å². The molecule has 4 heteroatoms. The Hall–Kier alpha value is -2.54. The normalized spacial score (nSPS) is 18.8. The van der Waals surface area contributed by atoms with Crippen molar-refractivity contribution in [3.63, 3.8) is 0 Å². The van der Waals surface area contributed by atoms with Crippen LogP contribution in [-0.2, 0) is 19.1 Å². The van der Waals surface area contributed by atoms with Gasteiger partial charge in [0.15, 0.2) is 5.92 Å². The summed E-state index contributed by atoms with van der Waals surface area (Å²) in [5.41, 5.74) is 0.794. The van der Waals surface area contributed by atoms with E-state index in [0.29, 0.717) is 0 Å². The van der Waals surface area contributed by atoms with Gasteiger partial charge in [0.2, 0.25) is 0 Å². The number of esters is 2. The first kappa shape index (κ1) is 14.9. The Morgan fingerprint density at radius 1 is 1.19 bits per heavy atom. The van der Waals surface area contributed by atoms with Crippen molar-refractivity contribution >= 4 is 11.9 Å². The van der Waals surface area contributed by atoms with Crippen LogP contribution >= 0.6 is 0 Å². The number of carbonyl (C=O) groups is 2. The molecule has 1 aromatic carbocycles. The molecule has 0 bridgehead atoms. The van der Waals surface area contributed by atoms with Crippen LogP contribution in [0.25, 0.3) is 0 Å². The van der Waals surface area contributed by atoms with Crippen molar-refractivity contribution < 1.29 is 19.1 Å². The van der Waals surface area contributed by atoms with E-state index in [1.807, 2.05) is 30.3 Å². The lowest BCUT2D eigenvalue weighted by Gasteiger charge is -2.33. The van der Waals surface area contributed by atoms with Crippen LogP contribution in [0.5, 0.6) is 0 Å². The number of rotatable bonds is 2. The fourth-order valence-electron chi connectivity index (χ4n) is 1.99. The van der Waals surface area contributed by atoms with Gasteiger partial charge in [-0.2, -0.15) is 0 Å². The summed E-state index contributed by atoms with van der Waals surface area (Å²) in [7, 11) is 0. The lowest BCUT2D eigenvalue weighted by atomic mass is 9.91. The molecule has 1 fully saturated rings. The Balaban J connectivity index is 2.22. The average molecular weight is 284 g/mol. The van der Waals surface area contributed by atoms with Gasteiger partial charge in [-0.05, 0) is 12.1 Å². The molecule has 2 rings (SSSR count). The molecule has 1 aliphatic heterocycles. The van der Waals surface area contributed by atoms with E-state index >= 15 is 0 Å². The molecular weight excluding hydrogens is 268 g/mol. The first-order chi connectivity index (χ1) is 9.93. The topological polar surface area (TPSA) is 52.6 Å². The van der Waals surface area contributed by atoms with Gasteiger partial charge in [-0.15, -0.1) is 6.58 Å². The molecule has 0 spiro atoms. The van der Waals surface area contributed by atoms with Crippen molar-refractivity contribution in [1.29, 1.82) is 0 Å². The summed E-state index contributed by atoms with van der Waals surface area (Å²) in [6.07, 6.45) is 1.46. The molecular formula is C17H16O4. The lowest BCUT2D eigenvalue weighted by Crippen LogP contribution is -2.48. The zero-order valence-corrected chi connectivity index (χ0v) is 12.0. The van der Waals surface area contributed by atoms with Crippen LogP contribution < -0.4 is 0 Å². The molecule has 0 saturated carbocycles. The van der Waals surface area contributed by atoms with Crippen LogP contribution in [-0.4, -0.2) is 17.7 Å². The third-order valence-corrected chi connectivity index (χ3v) is 2.97. The molecule has 0 radical (unpaired) electrons. The predicted octanol–water partition coefficient (Wildman–Crippen LogP) is 2.29. The molecule has 21 heavy (non-hydrogen) atoms. The molecule has 1 aliphatic rings. The Bertz CT molecular complexity index is 599. The van der Waals surface area contributed by atoms with Crippen molar-refractivity contribution in [3.05, 3.63) is 48.6 Å². The van der Waals surface area contributed by atoms with Gasteiger partial charge in [0, 0.05) is 19.4 Å². The first-order valence-electron chi connectivity index (χ1n) is 6.58. The number of hydrogen-bond acceptors (Lipinski definition) is 4. The van der Waals surface area contributed by atoms with Gasteiger partial charge in [-0.3, -0.25) is 9.59 Å². The molecule has 1 unspecified atom stereocenters. The van der Waals surface area contributed by atoms with Crippen LogP contribution in [0.1, 0.15) is 19.4 Å². The summed E-state index contributed by atoms with van der Waals surface area (Å²) >= 11 is 0. The molecule has 0 N–H and O–H groups in total. The second-order valence-corrected chi connectivity index (χ2v) is 5.12. The average Bonchev–Trinajstić information content (AvgIpc) is 2.41. The largest absolute Gasteiger partial charge is 0.422 e. The Morgan fingerprint density at radius 3 is 2.29 bits per heavy atom. The Kier molecular flexibility index (Phi) is 4.13. The molecule has 0 aliphatic carbocycles. The summed E-state index contributed by atoms with van der Waals surface area (Å²) < 4.78 is 10.2. The van der Waals surface area contributed by atoms with E-state index < -0.39 is 29.6 Å². The molecule has 0 amide bonds. The SMILES string of the molecule is C=CC(C#Cc1ccccc1)C1C(=O)OC(C)(C)OC1=O. The summed E-state index contributed by atoms with van der Waals surface area (Å²) in [6.45, 7) is 6.66. The van der Waals surface area contributed by atoms with Crippen molar-refractivity contribution in [2.24, 2.45) is 11.8 Å². The molecule has 0 aromatic heterocycles. The van der Waals surface area contributed by atoms with E-state index in [2.05, 4.69) is 18.4 Å². The third kappa shape index (κ3) is 3.51. The van der Waals surface area contributed by atoms with E-state index in [1.165, 1.54) is 19.9 Å². The van der Waals surface area contributed by atoms with Crippen LogP contribution in [0.2, 0.25) is 0 Å². The van der Waals surface area contributed by atoms with Crippen LogP contribution in [0.3, 0.4) is 0 Å². The van der Waals surface area contributed by atoms with Crippen molar-refractivity contribution in [2.75, 3.05) is 0 Å². The minimum atomic E-state index is -1.23. The summed E-state index contributed by atoms with van der Waals surface area (Å²) in [5.74, 6) is 1.55. The standard InChI is InChI=1S/C17H16O4/c1-4-13(11-10-12-8-6-5-7-9-12)14-15(18)20-17(2,3)21-16(14)19/h4-9,13-14H,1H2,2-3H3. The first-order valence-corrected chi connectivity index (χ1v) is 6.58. The zero-order valence-electron chi connectivity index (χ0n) is 12.0. The second-order valence-electron chi connectivity index (χ2n) is 5.12. The number of cyclic esters (lactones) is 2. The van der Waals surface area contributed by atoms with Gasteiger partial charge in [-0.25, -0.2) is 0 Å². The lowest BCUT2D eigenvalue weighted by molar-refractivity contribution is -0.240. The number of allylic oxidation sites excluding steroid dienone is 1. The van der Waals surface area contributed by atoms with E-state index in [1.54, 1.807) is 0 Å². The highest BCUT2D eigenvalue weighted by Gasteiger charge is 2.46. The van der Waals surface area contributed by atoms with Gasteiger partial charge in [-0.1, -0.05) is 36.1 Å². The Morgan fingerprint density at radius 2 is 1.76 bits per heavy atom. The summed E-state index contributed by atoms with van der Waals surface area (Å²) in [6, 6.07) is 9.28. The minimum Gasteiger partial charge on any atom is -0.422 e. The molecule has 1 atom stereocenters. The predicted molar refractivity (Wildman–Crippen MR) is 76.8 cm³/mol. The number of benzene rings is 1. The van der Waals surface area contributed by atoms with Gasteiger partial charge >= 0.3 is 11.9 Å². The number of ether oxygens (including phenoxy) is 2. The molecule has 108 valence electrons. The Labute approximate surface area is 123 Å². The molecule has 1 saturated heterocycles. The highest BCUT2D eigenvalue weighted by atomic mass is 16.7. The van der Waals surface area contributed by atoms with E-state index in [4.69, 9.17) is 9.47 Å². The van der Waals surface area contributed by atoms with Crippen LogP contribution in [0, 0.1) is 23.7 Å². The van der Waals surface area contributed by atoms with Crippen molar-refractivity contribution in [2.45, 2.75) is 19.6 Å². The van der Waals surface area contributed by atoms with Crippen molar-refractivity contribution in [1.82, 2.24) is 0 Å². The molecule has 1 aromatic rings.